The maximum Gasteiger partial charge on any atom is 0.160 e. The number of pyridine rings is 1. The minimum absolute atomic E-state index is 0. The van der Waals surface area contributed by atoms with E-state index in [2.05, 4.69) is 10.3 Å². The summed E-state index contributed by atoms with van der Waals surface area (Å²) in [6.07, 6.45) is 3.33. The summed E-state index contributed by atoms with van der Waals surface area (Å²) < 4.78 is 24.2. The summed E-state index contributed by atoms with van der Waals surface area (Å²) in [5.74, 6) is 0.0557. The maximum absolute atomic E-state index is 12.1. The van der Waals surface area contributed by atoms with Crippen LogP contribution in [0.1, 0.15) is 18.5 Å². The van der Waals surface area contributed by atoms with E-state index in [1.54, 1.807) is 18.3 Å². The maximum atomic E-state index is 12.1. The molecule has 1 aromatic heterocycles. The first-order chi connectivity index (χ1) is 7.68. The van der Waals surface area contributed by atoms with Gasteiger partial charge in [-0.05, 0) is 31.5 Å². The molecule has 0 saturated carbocycles. The number of nitrogens with zero attached hydrogens (tertiary/aromatic N) is 1. The fraction of sp³-hybridized carbons (Fsp3) is 0.545. The van der Waals surface area contributed by atoms with Gasteiger partial charge in [0.15, 0.2) is 9.84 Å². The number of piperidine rings is 1. The third-order valence-electron chi connectivity index (χ3n) is 2.83. The molecule has 0 bridgehead atoms. The van der Waals surface area contributed by atoms with Crippen LogP contribution < -0.4 is 5.32 Å². The molecule has 4 nitrogen and oxygen atoms in total. The third kappa shape index (κ3) is 3.94. The van der Waals surface area contributed by atoms with E-state index in [-0.39, 0.29) is 23.4 Å². The highest BCUT2D eigenvalue weighted by Crippen LogP contribution is 2.15. The van der Waals surface area contributed by atoms with E-state index in [0.717, 1.165) is 19.4 Å². The summed E-state index contributed by atoms with van der Waals surface area (Å²) in [5, 5.41) is 2.88. The van der Waals surface area contributed by atoms with Gasteiger partial charge in [-0.3, -0.25) is 4.98 Å². The van der Waals surface area contributed by atoms with Crippen molar-refractivity contribution < 1.29 is 8.42 Å². The van der Waals surface area contributed by atoms with Crippen molar-refractivity contribution in [2.45, 2.75) is 23.8 Å². The molecule has 1 aromatic rings. The van der Waals surface area contributed by atoms with Gasteiger partial charge in [0.1, 0.15) is 0 Å². The molecule has 0 aromatic carbocycles. The Balaban J connectivity index is 0.00000144. The average Bonchev–Trinajstić information content (AvgIpc) is 2.31. The van der Waals surface area contributed by atoms with Crippen molar-refractivity contribution in [2.75, 3.05) is 13.1 Å². The molecule has 1 unspecified atom stereocenters. The molecule has 0 spiro atoms. The number of aromatic nitrogens is 1. The molecule has 1 aliphatic rings. The van der Waals surface area contributed by atoms with Crippen LogP contribution in [-0.2, 0) is 15.6 Å². The van der Waals surface area contributed by atoms with E-state index >= 15 is 0 Å². The summed E-state index contributed by atoms with van der Waals surface area (Å²) in [6, 6.07) is 5.36. The Morgan fingerprint density at radius 3 is 2.82 bits per heavy atom. The minimum atomic E-state index is -3.06. The zero-order chi connectivity index (χ0) is 11.4. The Morgan fingerprint density at radius 2 is 2.24 bits per heavy atom. The molecule has 0 amide bonds. The van der Waals surface area contributed by atoms with Gasteiger partial charge in [0, 0.05) is 12.7 Å². The van der Waals surface area contributed by atoms with Crippen molar-refractivity contribution in [3.05, 3.63) is 30.1 Å². The van der Waals surface area contributed by atoms with E-state index in [1.165, 1.54) is 0 Å². The first-order valence-corrected chi connectivity index (χ1v) is 7.22. The summed E-state index contributed by atoms with van der Waals surface area (Å²) in [7, 11) is -3.06. The Morgan fingerprint density at radius 1 is 1.41 bits per heavy atom. The summed E-state index contributed by atoms with van der Waals surface area (Å²) in [5.41, 5.74) is 0.632. The molecule has 1 saturated heterocycles. The Bertz CT molecular complexity index is 430. The van der Waals surface area contributed by atoms with Crippen molar-refractivity contribution in [3.63, 3.8) is 0 Å². The van der Waals surface area contributed by atoms with Crippen molar-refractivity contribution in [1.82, 2.24) is 10.3 Å². The van der Waals surface area contributed by atoms with Crippen LogP contribution in [0.25, 0.3) is 0 Å². The van der Waals surface area contributed by atoms with Gasteiger partial charge in [0.2, 0.25) is 0 Å². The van der Waals surface area contributed by atoms with Crippen molar-refractivity contribution in [3.8, 4) is 0 Å². The second-order valence-corrected chi connectivity index (χ2v) is 6.38. The minimum Gasteiger partial charge on any atom is -0.315 e. The van der Waals surface area contributed by atoms with Gasteiger partial charge in [-0.15, -0.1) is 12.4 Å². The smallest absolute Gasteiger partial charge is 0.160 e. The molecule has 0 aliphatic carbocycles. The molecular weight excluding hydrogens is 260 g/mol. The van der Waals surface area contributed by atoms with Crippen LogP contribution in [-0.4, -0.2) is 31.7 Å². The number of sulfone groups is 1. The lowest BCUT2D eigenvalue weighted by Crippen LogP contribution is -2.39. The van der Waals surface area contributed by atoms with Gasteiger partial charge >= 0.3 is 0 Å². The second-order valence-electron chi connectivity index (χ2n) is 4.10. The topological polar surface area (TPSA) is 59.1 Å². The summed E-state index contributed by atoms with van der Waals surface area (Å²) in [6.45, 7) is 1.50. The quantitative estimate of drug-likeness (QED) is 0.900. The average molecular weight is 277 g/mol. The molecule has 96 valence electrons. The van der Waals surface area contributed by atoms with Gasteiger partial charge in [0.05, 0.1) is 16.7 Å². The highest BCUT2D eigenvalue weighted by atomic mass is 35.5. The van der Waals surface area contributed by atoms with Crippen LogP contribution in [0.3, 0.4) is 0 Å². The highest BCUT2D eigenvalue weighted by molar-refractivity contribution is 7.91. The van der Waals surface area contributed by atoms with Gasteiger partial charge in [-0.2, -0.15) is 0 Å². The largest absolute Gasteiger partial charge is 0.315 e. The molecule has 1 N–H and O–H groups in total. The Labute approximate surface area is 108 Å². The van der Waals surface area contributed by atoms with E-state index in [9.17, 15) is 8.42 Å². The van der Waals surface area contributed by atoms with Gasteiger partial charge in [-0.1, -0.05) is 6.07 Å². The predicted molar refractivity (Wildman–Crippen MR) is 70.0 cm³/mol. The SMILES string of the molecule is Cl.O=S(=O)(Cc1ccccn1)C1CCCNC1. The standard InChI is InChI=1S/C11H16N2O2S.ClH/c14-16(15,11-5-3-6-12-8-11)9-10-4-1-2-7-13-10;/h1-2,4,7,11-12H,3,5-6,8-9H2;1H. The van der Waals surface area contributed by atoms with E-state index < -0.39 is 9.84 Å². The third-order valence-corrected chi connectivity index (χ3v) is 4.95. The van der Waals surface area contributed by atoms with E-state index in [0.29, 0.717) is 12.2 Å². The molecule has 0 radical (unpaired) electrons. The lowest BCUT2D eigenvalue weighted by atomic mass is 10.2. The predicted octanol–water partition coefficient (Wildman–Crippen LogP) is 1.17. The molecule has 17 heavy (non-hydrogen) atoms. The molecule has 6 heteroatoms. The van der Waals surface area contributed by atoms with Crippen molar-refractivity contribution >= 4 is 22.2 Å². The number of nitrogens with one attached hydrogen (secondary N) is 1. The number of hydrogen-bond donors (Lipinski definition) is 1. The Kier molecular flexibility index (Phi) is 5.36. The van der Waals surface area contributed by atoms with Crippen LogP contribution in [0, 0.1) is 0 Å². The molecule has 1 fully saturated rings. The monoisotopic (exact) mass is 276 g/mol. The van der Waals surface area contributed by atoms with Crippen LogP contribution >= 0.6 is 12.4 Å². The lowest BCUT2D eigenvalue weighted by molar-refractivity contribution is 0.496. The summed E-state index contributed by atoms with van der Waals surface area (Å²) >= 11 is 0. The normalized spacial score (nSPS) is 20.6. The summed E-state index contributed by atoms with van der Waals surface area (Å²) in [4.78, 5) is 4.06. The molecular formula is C11H17ClN2O2S. The van der Waals surface area contributed by atoms with Crippen LogP contribution in [0.5, 0.6) is 0 Å². The first kappa shape index (κ1) is 14.4. The van der Waals surface area contributed by atoms with Crippen molar-refractivity contribution in [1.29, 1.82) is 0 Å². The van der Waals surface area contributed by atoms with Crippen LogP contribution in [0.4, 0.5) is 0 Å². The first-order valence-electron chi connectivity index (χ1n) is 5.51. The van der Waals surface area contributed by atoms with Gasteiger partial charge < -0.3 is 5.32 Å². The van der Waals surface area contributed by atoms with Gasteiger partial charge in [-0.25, -0.2) is 8.42 Å². The van der Waals surface area contributed by atoms with Crippen molar-refractivity contribution in [2.24, 2.45) is 0 Å². The van der Waals surface area contributed by atoms with E-state index in [4.69, 9.17) is 0 Å². The molecule has 2 rings (SSSR count). The fourth-order valence-electron chi connectivity index (χ4n) is 1.93. The number of hydrogen-bond acceptors (Lipinski definition) is 4. The zero-order valence-corrected chi connectivity index (χ0v) is 11.1. The number of halogens is 1. The van der Waals surface area contributed by atoms with Crippen LogP contribution in [0.2, 0.25) is 0 Å². The number of rotatable bonds is 3. The van der Waals surface area contributed by atoms with Gasteiger partial charge in [0.25, 0.3) is 0 Å². The second kappa shape index (κ2) is 6.33. The fourth-order valence-corrected chi connectivity index (χ4v) is 3.65. The zero-order valence-electron chi connectivity index (χ0n) is 9.50. The lowest BCUT2D eigenvalue weighted by Gasteiger charge is -2.22. The molecule has 1 aliphatic heterocycles. The molecule has 1 atom stereocenters. The Hall–Kier alpha value is -0.650. The highest BCUT2D eigenvalue weighted by Gasteiger charge is 2.27. The van der Waals surface area contributed by atoms with E-state index in [1.807, 2.05) is 6.07 Å². The molecule has 2 heterocycles. The van der Waals surface area contributed by atoms with Crippen LogP contribution in [0.15, 0.2) is 24.4 Å².